The minimum atomic E-state index is -2.51. The minimum Gasteiger partial charge on any atom is -0.488 e. The van der Waals surface area contributed by atoms with Gasteiger partial charge < -0.3 is 15.2 Å². The maximum Gasteiger partial charge on any atom is 0.272 e. The SMILES string of the molecule is C[C@@H](Oc1ccc(OCC(F)F)cc1)C(N)=O. The van der Waals surface area contributed by atoms with Gasteiger partial charge in [-0.15, -0.1) is 0 Å². The molecule has 6 heteroatoms. The number of carbonyl (C=O) groups is 1. The Kier molecular flexibility index (Phi) is 4.68. The number of amides is 1. The van der Waals surface area contributed by atoms with E-state index < -0.39 is 25.0 Å². The van der Waals surface area contributed by atoms with E-state index in [1.165, 1.54) is 31.2 Å². The third-order valence-electron chi connectivity index (χ3n) is 1.91. The van der Waals surface area contributed by atoms with Crippen molar-refractivity contribution in [3.05, 3.63) is 24.3 Å². The second-order valence-corrected chi connectivity index (χ2v) is 3.34. The van der Waals surface area contributed by atoms with Crippen LogP contribution < -0.4 is 15.2 Å². The summed E-state index contributed by atoms with van der Waals surface area (Å²) in [7, 11) is 0. The van der Waals surface area contributed by atoms with Gasteiger partial charge in [0.2, 0.25) is 0 Å². The number of hydrogen-bond acceptors (Lipinski definition) is 3. The maximum atomic E-state index is 11.9. The number of ether oxygens (including phenoxy) is 2. The van der Waals surface area contributed by atoms with Crippen LogP contribution in [0.5, 0.6) is 11.5 Å². The average Bonchev–Trinajstić information content (AvgIpc) is 2.28. The molecule has 0 saturated carbocycles. The van der Waals surface area contributed by atoms with Crippen LogP contribution in [-0.4, -0.2) is 25.0 Å². The fourth-order valence-electron chi connectivity index (χ4n) is 1.04. The molecule has 0 aliphatic heterocycles. The Bertz CT molecular complexity index is 367. The molecular weight excluding hydrogens is 232 g/mol. The van der Waals surface area contributed by atoms with E-state index in [-0.39, 0.29) is 0 Å². The number of rotatable bonds is 6. The van der Waals surface area contributed by atoms with Crippen LogP contribution in [0.2, 0.25) is 0 Å². The number of primary amides is 1. The van der Waals surface area contributed by atoms with E-state index in [0.29, 0.717) is 11.5 Å². The largest absolute Gasteiger partial charge is 0.488 e. The van der Waals surface area contributed by atoms with E-state index >= 15 is 0 Å². The Morgan fingerprint density at radius 2 is 1.82 bits per heavy atom. The highest BCUT2D eigenvalue weighted by atomic mass is 19.3. The molecule has 0 aliphatic rings. The molecule has 2 N–H and O–H groups in total. The molecule has 0 fully saturated rings. The van der Waals surface area contributed by atoms with Gasteiger partial charge in [-0.05, 0) is 31.2 Å². The number of alkyl halides is 2. The molecular formula is C11H13F2NO3. The molecule has 1 amide bonds. The Morgan fingerprint density at radius 1 is 1.29 bits per heavy atom. The van der Waals surface area contributed by atoms with Crippen molar-refractivity contribution in [3.63, 3.8) is 0 Å². The minimum absolute atomic E-state index is 0.310. The fourth-order valence-corrected chi connectivity index (χ4v) is 1.04. The molecule has 0 aliphatic carbocycles. The lowest BCUT2D eigenvalue weighted by atomic mass is 10.3. The summed E-state index contributed by atoms with van der Waals surface area (Å²) in [5.74, 6) is 0.146. The van der Waals surface area contributed by atoms with Crippen molar-refractivity contribution in [2.45, 2.75) is 19.5 Å². The molecule has 0 saturated heterocycles. The molecule has 1 aromatic rings. The van der Waals surface area contributed by atoms with Gasteiger partial charge >= 0.3 is 0 Å². The first-order valence-electron chi connectivity index (χ1n) is 4.96. The van der Waals surface area contributed by atoms with Crippen LogP contribution in [0.1, 0.15) is 6.92 Å². The van der Waals surface area contributed by atoms with Gasteiger partial charge in [0.05, 0.1) is 0 Å². The van der Waals surface area contributed by atoms with Crippen molar-refractivity contribution in [1.82, 2.24) is 0 Å². The van der Waals surface area contributed by atoms with Crippen molar-refractivity contribution in [1.29, 1.82) is 0 Å². The molecule has 0 heterocycles. The fraction of sp³-hybridized carbons (Fsp3) is 0.364. The summed E-state index contributed by atoms with van der Waals surface area (Å²) in [6, 6.07) is 5.98. The summed E-state index contributed by atoms with van der Waals surface area (Å²) in [4.78, 5) is 10.7. The van der Waals surface area contributed by atoms with Crippen LogP contribution in [-0.2, 0) is 4.79 Å². The molecule has 17 heavy (non-hydrogen) atoms. The Morgan fingerprint density at radius 3 is 2.29 bits per heavy atom. The number of nitrogens with two attached hydrogens (primary N) is 1. The highest BCUT2D eigenvalue weighted by Crippen LogP contribution is 2.18. The van der Waals surface area contributed by atoms with E-state index in [0.717, 1.165) is 0 Å². The van der Waals surface area contributed by atoms with Crippen LogP contribution in [0.3, 0.4) is 0 Å². The topological polar surface area (TPSA) is 61.6 Å². The van der Waals surface area contributed by atoms with Crippen molar-refractivity contribution in [3.8, 4) is 11.5 Å². The number of halogens is 2. The van der Waals surface area contributed by atoms with Crippen molar-refractivity contribution in [2.75, 3.05) is 6.61 Å². The van der Waals surface area contributed by atoms with E-state index in [9.17, 15) is 13.6 Å². The van der Waals surface area contributed by atoms with E-state index in [1.807, 2.05) is 0 Å². The molecule has 0 aromatic heterocycles. The zero-order valence-corrected chi connectivity index (χ0v) is 9.23. The molecule has 0 spiro atoms. The Hall–Kier alpha value is -1.85. The molecule has 94 valence electrons. The second kappa shape index (κ2) is 6.03. The smallest absolute Gasteiger partial charge is 0.272 e. The lowest BCUT2D eigenvalue weighted by Crippen LogP contribution is -2.30. The summed E-state index contributed by atoms with van der Waals surface area (Å²) in [5, 5.41) is 0. The number of hydrogen-bond donors (Lipinski definition) is 1. The zero-order chi connectivity index (χ0) is 12.8. The van der Waals surface area contributed by atoms with Gasteiger partial charge in [0.15, 0.2) is 6.10 Å². The first kappa shape index (κ1) is 13.2. The summed E-state index contributed by atoms with van der Waals surface area (Å²) in [6.07, 6.45) is -3.26. The van der Waals surface area contributed by atoms with Crippen LogP contribution in [0.25, 0.3) is 0 Å². The molecule has 1 aromatic carbocycles. The van der Waals surface area contributed by atoms with Gasteiger partial charge in [-0.1, -0.05) is 0 Å². The first-order chi connectivity index (χ1) is 7.99. The van der Waals surface area contributed by atoms with E-state index in [4.69, 9.17) is 15.2 Å². The second-order valence-electron chi connectivity index (χ2n) is 3.34. The average molecular weight is 245 g/mol. The lowest BCUT2D eigenvalue weighted by molar-refractivity contribution is -0.123. The Balaban J connectivity index is 2.53. The highest BCUT2D eigenvalue weighted by Gasteiger charge is 2.10. The van der Waals surface area contributed by atoms with Gasteiger partial charge in [0, 0.05) is 0 Å². The maximum absolute atomic E-state index is 11.9. The molecule has 0 radical (unpaired) electrons. The number of carbonyl (C=O) groups excluding carboxylic acids is 1. The molecule has 0 bridgehead atoms. The van der Waals surface area contributed by atoms with Crippen LogP contribution in [0.4, 0.5) is 8.78 Å². The van der Waals surface area contributed by atoms with Crippen molar-refractivity contribution in [2.24, 2.45) is 5.73 Å². The predicted octanol–water partition coefficient (Wildman–Crippen LogP) is 1.58. The first-order valence-corrected chi connectivity index (χ1v) is 4.96. The van der Waals surface area contributed by atoms with E-state index in [1.54, 1.807) is 0 Å². The monoisotopic (exact) mass is 245 g/mol. The summed E-state index contributed by atoms with van der Waals surface area (Å²) < 4.78 is 33.7. The van der Waals surface area contributed by atoms with Crippen LogP contribution in [0.15, 0.2) is 24.3 Å². The van der Waals surface area contributed by atoms with Gasteiger partial charge in [-0.25, -0.2) is 8.78 Å². The summed E-state index contributed by atoms with van der Waals surface area (Å²) in [6.45, 7) is 0.863. The highest BCUT2D eigenvalue weighted by molar-refractivity contribution is 5.78. The van der Waals surface area contributed by atoms with Gasteiger partial charge in [0.25, 0.3) is 12.3 Å². The van der Waals surface area contributed by atoms with Crippen molar-refractivity contribution < 1.29 is 23.0 Å². The normalized spacial score (nSPS) is 12.2. The van der Waals surface area contributed by atoms with Gasteiger partial charge in [-0.3, -0.25) is 4.79 Å². The quantitative estimate of drug-likeness (QED) is 0.827. The van der Waals surface area contributed by atoms with Gasteiger partial charge in [0.1, 0.15) is 18.1 Å². The predicted molar refractivity (Wildman–Crippen MR) is 57.2 cm³/mol. The van der Waals surface area contributed by atoms with E-state index in [2.05, 4.69) is 0 Å². The summed E-state index contributed by atoms with van der Waals surface area (Å²) in [5.41, 5.74) is 5.02. The molecule has 0 unspecified atom stereocenters. The third kappa shape index (κ3) is 4.67. The number of benzene rings is 1. The molecule has 1 rings (SSSR count). The zero-order valence-electron chi connectivity index (χ0n) is 9.23. The molecule has 4 nitrogen and oxygen atoms in total. The molecule has 1 atom stereocenters. The summed E-state index contributed by atoms with van der Waals surface area (Å²) >= 11 is 0. The van der Waals surface area contributed by atoms with Crippen LogP contribution in [0, 0.1) is 0 Å². The van der Waals surface area contributed by atoms with Gasteiger partial charge in [-0.2, -0.15) is 0 Å². The Labute approximate surface area is 97.3 Å². The third-order valence-corrected chi connectivity index (χ3v) is 1.91. The standard InChI is InChI=1S/C11H13F2NO3/c1-7(11(14)15)17-9-4-2-8(3-5-9)16-6-10(12)13/h2-5,7,10H,6H2,1H3,(H2,14,15)/t7-/m1/s1. The van der Waals surface area contributed by atoms with Crippen molar-refractivity contribution >= 4 is 5.91 Å². The van der Waals surface area contributed by atoms with Crippen LogP contribution >= 0.6 is 0 Å². The lowest BCUT2D eigenvalue weighted by Gasteiger charge is -2.11.